The third-order valence-corrected chi connectivity index (χ3v) is 4.10. The first-order chi connectivity index (χ1) is 13.3. The number of carbonyl (C=O) groups excluding carboxylic acids is 1. The van der Waals surface area contributed by atoms with Crippen molar-refractivity contribution >= 4 is 5.91 Å². The normalized spacial score (nSPS) is 11.2. The molecule has 6 heteroatoms. The summed E-state index contributed by atoms with van der Waals surface area (Å²) in [5, 5.41) is 14.5. The molecular weight excluding hydrogens is 354 g/mol. The van der Waals surface area contributed by atoms with Gasteiger partial charge in [0.15, 0.2) is 0 Å². The van der Waals surface area contributed by atoms with Gasteiger partial charge in [-0.15, -0.1) is 0 Å². The van der Waals surface area contributed by atoms with Crippen molar-refractivity contribution in [2.24, 2.45) is 0 Å². The van der Waals surface area contributed by atoms with Crippen LogP contribution < -0.4 is 5.56 Å². The monoisotopic (exact) mass is 377 g/mol. The molecule has 0 aliphatic carbocycles. The van der Waals surface area contributed by atoms with Gasteiger partial charge in [-0.2, -0.15) is 9.78 Å². The van der Waals surface area contributed by atoms with Gasteiger partial charge < -0.3 is 10.0 Å². The van der Waals surface area contributed by atoms with Crippen molar-refractivity contribution in [2.75, 3.05) is 6.54 Å². The van der Waals surface area contributed by atoms with Gasteiger partial charge in [-0.1, -0.05) is 48.5 Å². The molecule has 0 spiro atoms. The van der Waals surface area contributed by atoms with Crippen molar-refractivity contribution in [1.82, 2.24) is 14.7 Å². The van der Waals surface area contributed by atoms with Crippen LogP contribution in [0.5, 0.6) is 0 Å². The van der Waals surface area contributed by atoms with Gasteiger partial charge in [0.25, 0.3) is 11.5 Å². The maximum absolute atomic E-state index is 13.2. The molecule has 0 unspecified atom stereocenters. The lowest BCUT2D eigenvalue weighted by Crippen LogP contribution is -2.42. The molecule has 3 rings (SSSR count). The van der Waals surface area contributed by atoms with E-state index in [0.29, 0.717) is 12.2 Å². The molecule has 0 saturated heterocycles. The zero-order valence-electron chi connectivity index (χ0n) is 15.9. The Hall–Kier alpha value is -3.25. The van der Waals surface area contributed by atoms with Gasteiger partial charge in [-0.25, -0.2) is 0 Å². The molecule has 0 atom stereocenters. The zero-order valence-corrected chi connectivity index (χ0v) is 15.9. The van der Waals surface area contributed by atoms with E-state index in [1.807, 2.05) is 36.4 Å². The summed E-state index contributed by atoms with van der Waals surface area (Å²) in [6.45, 7) is 3.76. The Labute approximate surface area is 163 Å². The molecule has 144 valence electrons. The molecule has 1 heterocycles. The molecule has 0 fully saturated rings. The van der Waals surface area contributed by atoms with Gasteiger partial charge >= 0.3 is 0 Å². The molecule has 2 aromatic carbocycles. The number of rotatable bonds is 6. The van der Waals surface area contributed by atoms with Gasteiger partial charge in [0.05, 0.1) is 11.3 Å². The standard InChI is InChI=1S/C22H23N3O3/c1-22(2,28)16-24(15-17-9-5-3-6-10-17)21(27)19-13-14-20(26)25(23-19)18-11-7-4-8-12-18/h3-14,28H,15-16H2,1-2H3. The summed E-state index contributed by atoms with van der Waals surface area (Å²) in [5.41, 5.74) is 0.275. The second-order valence-corrected chi connectivity index (χ2v) is 7.26. The number of para-hydroxylation sites is 1. The van der Waals surface area contributed by atoms with Crippen LogP contribution in [0.3, 0.4) is 0 Å². The van der Waals surface area contributed by atoms with E-state index in [2.05, 4.69) is 5.10 Å². The number of aromatic nitrogens is 2. The smallest absolute Gasteiger partial charge is 0.274 e. The SMILES string of the molecule is CC(C)(O)CN(Cc1ccccc1)C(=O)c1ccc(=O)n(-c2ccccc2)n1. The van der Waals surface area contributed by atoms with E-state index in [4.69, 9.17) is 0 Å². The van der Waals surface area contributed by atoms with E-state index in [1.165, 1.54) is 21.7 Å². The highest BCUT2D eigenvalue weighted by Crippen LogP contribution is 2.13. The maximum Gasteiger partial charge on any atom is 0.274 e. The second-order valence-electron chi connectivity index (χ2n) is 7.26. The lowest BCUT2D eigenvalue weighted by molar-refractivity contribution is 0.0276. The van der Waals surface area contributed by atoms with Crippen molar-refractivity contribution in [3.8, 4) is 5.69 Å². The number of hydrogen-bond acceptors (Lipinski definition) is 4. The van der Waals surface area contributed by atoms with Crippen LogP contribution in [0.15, 0.2) is 77.6 Å². The molecule has 1 N–H and O–H groups in total. The van der Waals surface area contributed by atoms with Crippen molar-refractivity contribution < 1.29 is 9.90 Å². The number of hydrogen-bond donors (Lipinski definition) is 1. The van der Waals surface area contributed by atoms with Crippen LogP contribution in [0.2, 0.25) is 0 Å². The Balaban J connectivity index is 1.95. The van der Waals surface area contributed by atoms with Crippen LogP contribution in [0.4, 0.5) is 0 Å². The molecule has 28 heavy (non-hydrogen) atoms. The zero-order chi connectivity index (χ0) is 20.1. The maximum atomic E-state index is 13.2. The summed E-state index contributed by atoms with van der Waals surface area (Å²) in [6, 6.07) is 21.2. The van der Waals surface area contributed by atoms with Gasteiger partial charge in [-0.05, 0) is 37.6 Å². The van der Waals surface area contributed by atoms with E-state index >= 15 is 0 Å². The quantitative estimate of drug-likeness (QED) is 0.717. The van der Waals surface area contributed by atoms with Crippen molar-refractivity contribution in [1.29, 1.82) is 0 Å². The van der Waals surface area contributed by atoms with Gasteiger partial charge in [0.2, 0.25) is 0 Å². The van der Waals surface area contributed by atoms with Gasteiger partial charge in [0, 0.05) is 19.2 Å². The molecule has 0 bridgehead atoms. The van der Waals surface area contributed by atoms with Crippen LogP contribution in [-0.4, -0.2) is 37.8 Å². The Morgan fingerprint density at radius 3 is 2.21 bits per heavy atom. The molecule has 3 aromatic rings. The van der Waals surface area contributed by atoms with E-state index in [1.54, 1.807) is 38.1 Å². The number of benzene rings is 2. The highest BCUT2D eigenvalue weighted by molar-refractivity contribution is 5.92. The molecule has 1 aromatic heterocycles. The predicted molar refractivity (Wildman–Crippen MR) is 107 cm³/mol. The Morgan fingerprint density at radius 1 is 1.00 bits per heavy atom. The summed E-state index contributed by atoms with van der Waals surface area (Å²) in [7, 11) is 0. The van der Waals surface area contributed by atoms with Crippen LogP contribution in [0.25, 0.3) is 5.69 Å². The van der Waals surface area contributed by atoms with Crippen molar-refractivity contribution in [3.05, 3.63) is 94.4 Å². The first-order valence-electron chi connectivity index (χ1n) is 9.05. The number of amides is 1. The number of aliphatic hydroxyl groups is 1. The summed E-state index contributed by atoms with van der Waals surface area (Å²) in [6.07, 6.45) is 0. The average molecular weight is 377 g/mol. The first kappa shape index (κ1) is 19.5. The van der Waals surface area contributed by atoms with Crippen molar-refractivity contribution in [3.63, 3.8) is 0 Å². The minimum atomic E-state index is -1.07. The molecular formula is C22H23N3O3. The highest BCUT2D eigenvalue weighted by Gasteiger charge is 2.25. The summed E-state index contributed by atoms with van der Waals surface area (Å²) in [4.78, 5) is 26.9. The van der Waals surface area contributed by atoms with E-state index in [0.717, 1.165) is 5.56 Å². The highest BCUT2D eigenvalue weighted by atomic mass is 16.3. The third-order valence-electron chi connectivity index (χ3n) is 4.10. The average Bonchev–Trinajstić information content (AvgIpc) is 2.68. The number of carbonyl (C=O) groups is 1. The number of nitrogens with zero attached hydrogens (tertiary/aromatic N) is 3. The summed E-state index contributed by atoms with van der Waals surface area (Å²) in [5.74, 6) is -0.351. The fourth-order valence-corrected chi connectivity index (χ4v) is 2.91. The lowest BCUT2D eigenvalue weighted by Gasteiger charge is -2.29. The fourth-order valence-electron chi connectivity index (χ4n) is 2.91. The molecule has 1 amide bonds. The molecule has 0 aliphatic heterocycles. The summed E-state index contributed by atoms with van der Waals surface area (Å²) < 4.78 is 1.21. The van der Waals surface area contributed by atoms with E-state index < -0.39 is 5.60 Å². The van der Waals surface area contributed by atoms with Crippen molar-refractivity contribution in [2.45, 2.75) is 26.0 Å². The Kier molecular flexibility index (Phi) is 5.70. The molecule has 0 radical (unpaired) electrons. The fraction of sp³-hybridized carbons (Fsp3) is 0.227. The molecule has 6 nitrogen and oxygen atoms in total. The van der Waals surface area contributed by atoms with Crippen LogP contribution in [0.1, 0.15) is 29.9 Å². The largest absolute Gasteiger partial charge is 0.389 e. The van der Waals surface area contributed by atoms with E-state index in [9.17, 15) is 14.7 Å². The minimum absolute atomic E-state index is 0.132. The van der Waals surface area contributed by atoms with E-state index in [-0.39, 0.29) is 23.7 Å². The molecule has 0 aliphatic rings. The summed E-state index contributed by atoms with van der Waals surface area (Å²) >= 11 is 0. The first-order valence-corrected chi connectivity index (χ1v) is 9.05. The Bertz CT molecular complexity index is 993. The van der Waals surface area contributed by atoms with Gasteiger partial charge in [0.1, 0.15) is 5.69 Å². The second kappa shape index (κ2) is 8.19. The van der Waals surface area contributed by atoms with Crippen LogP contribution in [-0.2, 0) is 6.54 Å². The molecule has 0 saturated carbocycles. The third kappa shape index (κ3) is 4.92. The van der Waals surface area contributed by atoms with Crippen LogP contribution >= 0.6 is 0 Å². The predicted octanol–water partition coefficient (Wildman–Crippen LogP) is 2.65. The lowest BCUT2D eigenvalue weighted by atomic mass is 10.1. The topological polar surface area (TPSA) is 75.4 Å². The van der Waals surface area contributed by atoms with Gasteiger partial charge in [-0.3, -0.25) is 9.59 Å². The van der Waals surface area contributed by atoms with Crippen LogP contribution in [0, 0.1) is 0 Å². The Morgan fingerprint density at radius 2 is 1.61 bits per heavy atom. The minimum Gasteiger partial charge on any atom is -0.389 e.